The highest BCUT2D eigenvalue weighted by Gasteiger charge is 2.33. The first-order chi connectivity index (χ1) is 28.1. The van der Waals surface area contributed by atoms with Crippen molar-refractivity contribution in [1.29, 1.82) is 0 Å². The van der Waals surface area contributed by atoms with Gasteiger partial charge in [-0.2, -0.15) is 0 Å². The first-order valence-corrected chi connectivity index (χ1v) is 22.8. The van der Waals surface area contributed by atoms with Gasteiger partial charge in [0.2, 0.25) is 0 Å². The molecule has 0 aromatic heterocycles. The highest BCUT2D eigenvalue weighted by atomic mass is 35.5. The van der Waals surface area contributed by atoms with Crippen LogP contribution in [0.25, 0.3) is 32.3 Å². The van der Waals surface area contributed by atoms with Gasteiger partial charge in [-0.05, 0) is 97.1 Å². The highest BCUT2D eigenvalue weighted by Crippen LogP contribution is 2.62. The van der Waals surface area contributed by atoms with Crippen molar-refractivity contribution in [3.05, 3.63) is 127 Å². The van der Waals surface area contributed by atoms with E-state index in [2.05, 4.69) is 0 Å². The molecule has 294 valence electrons. The monoisotopic (exact) mass is 958 g/mol. The number of hydrogen-bond donors (Lipinski definition) is 0. The van der Waals surface area contributed by atoms with Crippen molar-refractivity contribution in [2.45, 2.75) is 39.2 Å². The minimum absolute atomic E-state index is 0.306. The SMILES string of the molecule is COc1ccc(Sc2c(Cl)c(Sc3ccc(OC)cc3)c3c(Cl)c(Cl)c4c(Sc5ccc(OC)cc5)c(Cl)c(Sc5ccc(OC)cc5)c5c(Cl)c(Cl)c2c3c54)cc1. The second-order valence-electron chi connectivity index (χ2n) is 12.6. The summed E-state index contributed by atoms with van der Waals surface area (Å²) < 4.78 is 21.8. The molecule has 0 bridgehead atoms. The maximum atomic E-state index is 7.58. The minimum Gasteiger partial charge on any atom is -0.497 e. The van der Waals surface area contributed by atoms with Gasteiger partial charge < -0.3 is 18.9 Å². The predicted octanol–water partition coefficient (Wildman–Crippen LogP) is 17.1. The van der Waals surface area contributed by atoms with E-state index in [1.54, 1.807) is 28.4 Å². The zero-order valence-corrected chi connectivity index (χ0v) is 38.6. The Morgan fingerprint density at radius 2 is 0.466 bits per heavy atom. The Kier molecular flexibility index (Phi) is 12.7. The standard InChI is InChI=1S/C44H28Cl6O4S4/c1-51-21-5-13-25(14-6-21)55-41-31-29-30-33(36(46)35(31)45)43(57-27-17-9-23(53-3)10-18-27)40(50)44(58-28-19-11-24(54-4)12-20-28)34(30)38(48)37(47)32(29)42(39(41)49)56-26-15-7-22(52-2)8-16-26/h5-20H,1-4H3. The van der Waals surface area contributed by atoms with E-state index in [1.807, 2.05) is 97.1 Å². The van der Waals surface area contributed by atoms with Crippen LogP contribution in [0.1, 0.15) is 0 Å². The van der Waals surface area contributed by atoms with E-state index in [0.717, 1.165) is 53.4 Å². The summed E-state index contributed by atoms with van der Waals surface area (Å²) in [6.45, 7) is 0. The van der Waals surface area contributed by atoms with Gasteiger partial charge in [-0.25, -0.2) is 0 Å². The van der Waals surface area contributed by atoms with Gasteiger partial charge in [0, 0.05) is 71.5 Å². The molecule has 0 atom stereocenters. The van der Waals surface area contributed by atoms with E-state index in [-0.39, 0.29) is 0 Å². The van der Waals surface area contributed by atoms with E-state index in [0.29, 0.717) is 71.3 Å². The molecule has 0 saturated carbocycles. The van der Waals surface area contributed by atoms with Crippen molar-refractivity contribution in [2.75, 3.05) is 28.4 Å². The van der Waals surface area contributed by atoms with Crippen LogP contribution in [0.3, 0.4) is 0 Å². The lowest BCUT2D eigenvalue weighted by Crippen LogP contribution is -1.98. The first-order valence-electron chi connectivity index (χ1n) is 17.3. The minimum atomic E-state index is 0.306. The van der Waals surface area contributed by atoms with Crippen molar-refractivity contribution in [2.24, 2.45) is 0 Å². The zero-order chi connectivity index (χ0) is 40.8. The third-order valence-corrected chi connectivity index (χ3v) is 16.7. The average molecular weight is 962 g/mol. The van der Waals surface area contributed by atoms with Crippen LogP contribution in [-0.2, 0) is 0 Å². The molecule has 4 nitrogen and oxygen atoms in total. The van der Waals surface area contributed by atoms with Crippen molar-refractivity contribution < 1.29 is 18.9 Å². The lowest BCUT2D eigenvalue weighted by Gasteiger charge is -2.26. The van der Waals surface area contributed by atoms with Crippen LogP contribution in [0, 0.1) is 0 Å². The molecule has 0 aliphatic rings. The van der Waals surface area contributed by atoms with Crippen LogP contribution in [-0.4, -0.2) is 28.4 Å². The third kappa shape index (κ3) is 7.68. The van der Waals surface area contributed by atoms with Crippen LogP contribution in [0.4, 0.5) is 0 Å². The second kappa shape index (κ2) is 17.6. The number of hydrogen-bond acceptors (Lipinski definition) is 8. The Bertz CT molecular complexity index is 2440. The highest BCUT2D eigenvalue weighted by molar-refractivity contribution is 8.01. The maximum absolute atomic E-state index is 7.58. The molecule has 0 radical (unpaired) electrons. The fourth-order valence-electron chi connectivity index (χ4n) is 6.56. The Morgan fingerprint density at radius 3 is 0.638 bits per heavy atom. The van der Waals surface area contributed by atoms with Gasteiger partial charge in [-0.1, -0.05) is 117 Å². The van der Waals surface area contributed by atoms with Crippen molar-refractivity contribution in [3.63, 3.8) is 0 Å². The molecule has 58 heavy (non-hydrogen) atoms. The number of benzene rings is 8. The lowest BCUT2D eigenvalue weighted by atomic mass is 9.93. The molecule has 0 fully saturated rings. The van der Waals surface area contributed by atoms with Gasteiger partial charge in [0.1, 0.15) is 23.0 Å². The van der Waals surface area contributed by atoms with E-state index in [1.165, 1.54) is 47.0 Å². The lowest BCUT2D eigenvalue weighted by molar-refractivity contribution is 0.414. The maximum Gasteiger partial charge on any atom is 0.118 e. The Morgan fingerprint density at radius 1 is 0.276 bits per heavy atom. The van der Waals surface area contributed by atoms with Crippen molar-refractivity contribution in [1.82, 2.24) is 0 Å². The molecule has 0 amide bonds. The molecule has 0 aliphatic carbocycles. The first kappa shape index (κ1) is 41.9. The third-order valence-electron chi connectivity index (χ3n) is 9.34. The molecule has 0 spiro atoms. The summed E-state index contributed by atoms with van der Waals surface area (Å²) >= 11 is 51.1. The van der Waals surface area contributed by atoms with Crippen LogP contribution >= 0.6 is 117 Å². The molecular formula is C44H28Cl6O4S4. The summed E-state index contributed by atoms with van der Waals surface area (Å²) in [6, 6.07) is 31.0. The van der Waals surface area contributed by atoms with E-state index in [9.17, 15) is 0 Å². The van der Waals surface area contributed by atoms with Crippen LogP contribution < -0.4 is 18.9 Å². The summed E-state index contributed by atoms with van der Waals surface area (Å²) in [7, 11) is 6.53. The molecule has 0 N–H and O–H groups in total. The van der Waals surface area contributed by atoms with E-state index < -0.39 is 0 Å². The summed E-state index contributed by atoms with van der Waals surface area (Å²) in [6.07, 6.45) is 0. The Labute approximate surface area is 382 Å². The topological polar surface area (TPSA) is 36.9 Å². The molecule has 0 saturated heterocycles. The number of halogens is 6. The van der Waals surface area contributed by atoms with Crippen molar-refractivity contribution in [3.8, 4) is 23.0 Å². The van der Waals surface area contributed by atoms with E-state index in [4.69, 9.17) is 88.6 Å². The normalized spacial score (nSPS) is 11.6. The Hall–Kier alpha value is -2.86. The quantitative estimate of drug-likeness (QED) is 0.112. The van der Waals surface area contributed by atoms with Crippen molar-refractivity contribution >= 4 is 149 Å². The number of ether oxygens (including phenoxy) is 4. The predicted molar refractivity (Wildman–Crippen MR) is 249 cm³/mol. The Balaban J connectivity index is 1.51. The largest absolute Gasteiger partial charge is 0.497 e. The number of rotatable bonds is 12. The van der Waals surface area contributed by atoms with E-state index >= 15 is 0 Å². The average Bonchev–Trinajstić information content (AvgIpc) is 3.25. The smallest absolute Gasteiger partial charge is 0.118 e. The summed E-state index contributed by atoms with van der Waals surface area (Å²) in [5.74, 6) is 2.91. The van der Waals surface area contributed by atoms with Gasteiger partial charge in [0.25, 0.3) is 0 Å². The number of methoxy groups -OCH3 is 4. The summed E-state index contributed by atoms with van der Waals surface area (Å²) in [5.41, 5.74) is 0. The molecule has 0 unspecified atom stereocenters. The molecular weight excluding hydrogens is 933 g/mol. The van der Waals surface area contributed by atoms with Gasteiger partial charge in [0.05, 0.1) is 58.6 Å². The fraction of sp³-hybridized carbons (Fsp3) is 0.0909. The fourth-order valence-corrected chi connectivity index (χ4v) is 12.9. The summed E-state index contributed by atoms with van der Waals surface area (Å²) in [4.78, 5) is 6.43. The zero-order valence-electron chi connectivity index (χ0n) is 30.8. The molecule has 0 aliphatic heterocycles. The van der Waals surface area contributed by atoms with Crippen LogP contribution in [0.15, 0.2) is 136 Å². The molecule has 8 aromatic carbocycles. The molecule has 0 heterocycles. The van der Waals surface area contributed by atoms with Gasteiger partial charge in [-0.15, -0.1) is 0 Å². The summed E-state index contributed by atoms with van der Waals surface area (Å²) in [5, 5.41) is 6.21. The molecule has 14 heteroatoms. The van der Waals surface area contributed by atoms with Gasteiger partial charge in [0.15, 0.2) is 0 Å². The van der Waals surface area contributed by atoms with Gasteiger partial charge >= 0.3 is 0 Å². The molecule has 8 aromatic rings. The molecule has 8 rings (SSSR count). The van der Waals surface area contributed by atoms with Crippen LogP contribution in [0.2, 0.25) is 30.1 Å². The second-order valence-corrected chi connectivity index (χ2v) is 19.2. The van der Waals surface area contributed by atoms with Crippen LogP contribution in [0.5, 0.6) is 23.0 Å². The van der Waals surface area contributed by atoms with Gasteiger partial charge in [-0.3, -0.25) is 0 Å².